The molecule has 1 amide bonds. The maximum atomic E-state index is 11.6. The number of rotatable bonds is 5. The first-order valence-corrected chi connectivity index (χ1v) is 9.13. The van der Waals surface area contributed by atoms with E-state index in [1.54, 1.807) is 6.07 Å². The summed E-state index contributed by atoms with van der Waals surface area (Å²) in [5.41, 5.74) is 3.40. The highest BCUT2D eigenvalue weighted by atomic mass is 32.2. The molecule has 2 atom stereocenters. The van der Waals surface area contributed by atoms with Crippen LogP contribution in [0.15, 0.2) is 18.2 Å². The zero-order valence-corrected chi connectivity index (χ0v) is 13.7. The van der Waals surface area contributed by atoms with Crippen LogP contribution in [0, 0.1) is 0 Å². The standard InChI is InChI=1S/C15H19N3O4S/c1-16-10-6-12-11-5-9(17-8-19)3-4-13(11)18-15(12)14(7-10)22-23(2,20)21/h3-5,8,10,14,16,18H,6-7H2,1-2H3,(H,17,19). The van der Waals surface area contributed by atoms with Gasteiger partial charge in [-0.15, -0.1) is 0 Å². The van der Waals surface area contributed by atoms with Crippen LogP contribution in [0.4, 0.5) is 5.69 Å². The van der Waals surface area contributed by atoms with Crippen molar-refractivity contribution in [2.24, 2.45) is 0 Å². The first-order valence-electron chi connectivity index (χ1n) is 7.31. The van der Waals surface area contributed by atoms with Gasteiger partial charge >= 0.3 is 0 Å². The molecule has 1 aromatic carbocycles. The Balaban J connectivity index is 2.10. The third kappa shape index (κ3) is 3.24. The number of carbonyl (C=O) groups is 1. The summed E-state index contributed by atoms with van der Waals surface area (Å²) in [6.07, 6.45) is 2.49. The third-order valence-electron chi connectivity index (χ3n) is 4.14. The third-order valence-corrected chi connectivity index (χ3v) is 4.72. The smallest absolute Gasteiger partial charge is 0.265 e. The molecule has 0 saturated carbocycles. The lowest BCUT2D eigenvalue weighted by molar-refractivity contribution is -0.105. The van der Waals surface area contributed by atoms with E-state index in [-0.39, 0.29) is 6.04 Å². The van der Waals surface area contributed by atoms with Crippen LogP contribution in [-0.4, -0.2) is 39.2 Å². The molecule has 2 aromatic rings. The predicted molar refractivity (Wildman–Crippen MR) is 87.8 cm³/mol. The number of hydrogen-bond donors (Lipinski definition) is 3. The van der Waals surface area contributed by atoms with E-state index in [1.165, 1.54) is 0 Å². The average Bonchev–Trinajstić information content (AvgIpc) is 2.84. The van der Waals surface area contributed by atoms with E-state index in [0.717, 1.165) is 34.8 Å². The highest BCUT2D eigenvalue weighted by Gasteiger charge is 2.32. The van der Waals surface area contributed by atoms with Gasteiger partial charge in [-0.3, -0.25) is 8.98 Å². The van der Waals surface area contributed by atoms with E-state index in [9.17, 15) is 13.2 Å². The van der Waals surface area contributed by atoms with Crippen molar-refractivity contribution in [3.05, 3.63) is 29.5 Å². The first kappa shape index (κ1) is 16.0. The van der Waals surface area contributed by atoms with Crippen LogP contribution < -0.4 is 10.6 Å². The fraction of sp³-hybridized carbons (Fsp3) is 0.400. The van der Waals surface area contributed by atoms with Gasteiger partial charge in [0.2, 0.25) is 6.41 Å². The molecular weight excluding hydrogens is 318 g/mol. The van der Waals surface area contributed by atoms with E-state index in [0.29, 0.717) is 18.5 Å². The lowest BCUT2D eigenvalue weighted by Crippen LogP contribution is -2.34. The first-order chi connectivity index (χ1) is 10.9. The Kier molecular flexibility index (Phi) is 4.13. The van der Waals surface area contributed by atoms with Crippen LogP contribution in [0.5, 0.6) is 0 Å². The summed E-state index contributed by atoms with van der Waals surface area (Å²) in [4.78, 5) is 13.9. The van der Waals surface area contributed by atoms with Crippen LogP contribution in [0.25, 0.3) is 10.9 Å². The molecule has 23 heavy (non-hydrogen) atoms. The number of anilines is 1. The minimum absolute atomic E-state index is 0.121. The maximum absolute atomic E-state index is 11.6. The minimum atomic E-state index is -3.56. The SMILES string of the molecule is CNC1Cc2c([nH]c3ccc(NC=O)cc23)C(OS(C)(=O)=O)C1. The van der Waals surface area contributed by atoms with Gasteiger partial charge in [0.25, 0.3) is 10.1 Å². The number of hydrogen-bond acceptors (Lipinski definition) is 5. The van der Waals surface area contributed by atoms with Crippen molar-refractivity contribution in [2.45, 2.75) is 25.0 Å². The molecule has 1 aliphatic rings. The Morgan fingerprint density at radius 3 is 2.83 bits per heavy atom. The predicted octanol–water partition coefficient (Wildman–Crippen LogP) is 1.29. The molecule has 124 valence electrons. The van der Waals surface area contributed by atoms with Crippen molar-refractivity contribution in [3.63, 3.8) is 0 Å². The largest absolute Gasteiger partial charge is 0.356 e. The fourth-order valence-electron chi connectivity index (χ4n) is 3.15. The second-order valence-electron chi connectivity index (χ2n) is 5.75. The minimum Gasteiger partial charge on any atom is -0.356 e. The second-order valence-corrected chi connectivity index (χ2v) is 7.35. The summed E-state index contributed by atoms with van der Waals surface area (Å²) in [5.74, 6) is 0. The van der Waals surface area contributed by atoms with Crippen molar-refractivity contribution in [1.29, 1.82) is 0 Å². The summed E-state index contributed by atoms with van der Waals surface area (Å²) in [6, 6.07) is 5.66. The van der Waals surface area contributed by atoms with Gasteiger partial charge in [0.05, 0.1) is 11.9 Å². The molecule has 0 fully saturated rings. The van der Waals surface area contributed by atoms with Gasteiger partial charge in [-0.2, -0.15) is 8.42 Å². The molecule has 2 unspecified atom stereocenters. The number of nitrogens with one attached hydrogen (secondary N) is 3. The fourth-order valence-corrected chi connectivity index (χ4v) is 3.74. The number of amides is 1. The highest BCUT2D eigenvalue weighted by molar-refractivity contribution is 7.86. The number of benzene rings is 1. The van der Waals surface area contributed by atoms with Crippen molar-refractivity contribution < 1.29 is 17.4 Å². The van der Waals surface area contributed by atoms with Gasteiger partial charge in [0, 0.05) is 22.6 Å². The molecular formula is C15H19N3O4S. The Morgan fingerprint density at radius 2 is 2.17 bits per heavy atom. The summed E-state index contributed by atoms with van der Waals surface area (Å²) in [5, 5.41) is 6.79. The Bertz CT molecular complexity index is 844. The number of aromatic amines is 1. The molecule has 0 radical (unpaired) electrons. The summed E-state index contributed by atoms with van der Waals surface area (Å²) >= 11 is 0. The molecule has 1 aromatic heterocycles. The molecule has 7 nitrogen and oxygen atoms in total. The molecule has 8 heteroatoms. The van der Waals surface area contributed by atoms with Gasteiger partial charge < -0.3 is 15.6 Å². The van der Waals surface area contributed by atoms with Crippen LogP contribution >= 0.6 is 0 Å². The van der Waals surface area contributed by atoms with Crippen molar-refractivity contribution >= 4 is 33.1 Å². The topological polar surface area (TPSA) is 100 Å². The second kappa shape index (κ2) is 5.95. The van der Waals surface area contributed by atoms with E-state index in [4.69, 9.17) is 4.18 Å². The van der Waals surface area contributed by atoms with E-state index in [2.05, 4.69) is 15.6 Å². The van der Waals surface area contributed by atoms with Gasteiger partial charge in [0.15, 0.2) is 0 Å². The molecule has 1 heterocycles. The normalized spacial score (nSPS) is 21.1. The van der Waals surface area contributed by atoms with Crippen LogP contribution in [0.1, 0.15) is 23.8 Å². The van der Waals surface area contributed by atoms with Gasteiger partial charge in [-0.05, 0) is 43.7 Å². The zero-order chi connectivity index (χ0) is 16.6. The van der Waals surface area contributed by atoms with Crippen LogP contribution in [0.2, 0.25) is 0 Å². The molecule has 0 aliphatic heterocycles. The molecule has 1 aliphatic carbocycles. The van der Waals surface area contributed by atoms with Crippen LogP contribution in [-0.2, 0) is 25.5 Å². The molecule has 3 rings (SSSR count). The summed E-state index contributed by atoms with van der Waals surface area (Å²) in [7, 11) is -1.71. The lowest BCUT2D eigenvalue weighted by atomic mass is 9.89. The highest BCUT2D eigenvalue weighted by Crippen LogP contribution is 2.38. The van der Waals surface area contributed by atoms with Crippen molar-refractivity contribution in [1.82, 2.24) is 10.3 Å². The van der Waals surface area contributed by atoms with Crippen molar-refractivity contribution in [2.75, 3.05) is 18.6 Å². The van der Waals surface area contributed by atoms with Crippen molar-refractivity contribution in [3.8, 4) is 0 Å². The van der Waals surface area contributed by atoms with Gasteiger partial charge in [-0.1, -0.05) is 0 Å². The van der Waals surface area contributed by atoms with Gasteiger partial charge in [-0.25, -0.2) is 0 Å². The van der Waals surface area contributed by atoms with Gasteiger partial charge in [0.1, 0.15) is 6.10 Å². The number of likely N-dealkylation sites (N-methyl/N-ethyl adjacent to an activating group) is 1. The average molecular weight is 337 g/mol. The Hall–Kier alpha value is -1.90. The monoisotopic (exact) mass is 337 g/mol. The van der Waals surface area contributed by atoms with Crippen LogP contribution in [0.3, 0.4) is 0 Å². The number of H-pyrrole nitrogens is 1. The maximum Gasteiger partial charge on any atom is 0.265 e. The van der Waals surface area contributed by atoms with E-state index in [1.807, 2.05) is 19.2 Å². The quantitative estimate of drug-likeness (QED) is 0.564. The lowest BCUT2D eigenvalue weighted by Gasteiger charge is -2.28. The number of carbonyl (C=O) groups excluding carboxylic acids is 1. The Labute approximate surface area is 134 Å². The molecule has 3 N–H and O–H groups in total. The van der Waals surface area contributed by atoms with E-state index < -0.39 is 16.2 Å². The molecule has 0 spiro atoms. The number of fused-ring (bicyclic) bond motifs is 3. The summed E-state index contributed by atoms with van der Waals surface area (Å²) in [6.45, 7) is 0. The summed E-state index contributed by atoms with van der Waals surface area (Å²) < 4.78 is 28.4. The zero-order valence-electron chi connectivity index (χ0n) is 12.9. The molecule has 0 saturated heterocycles. The van der Waals surface area contributed by atoms with E-state index >= 15 is 0 Å². The Morgan fingerprint density at radius 1 is 1.39 bits per heavy atom. The molecule has 0 bridgehead atoms. The number of aromatic nitrogens is 1.